The van der Waals surface area contributed by atoms with E-state index in [-0.39, 0.29) is 0 Å². The highest BCUT2D eigenvalue weighted by atomic mass is 14.2. The van der Waals surface area contributed by atoms with Gasteiger partial charge >= 0.3 is 0 Å². The smallest absolute Gasteiger partial charge is 0.0149 e. The SMILES string of the molecule is Cc1ccc(CCC2CCCCC2)c2ccccc12. The van der Waals surface area contributed by atoms with E-state index in [0.29, 0.717) is 0 Å². The fourth-order valence-corrected chi connectivity index (χ4v) is 3.57. The van der Waals surface area contributed by atoms with Crippen molar-refractivity contribution < 1.29 is 0 Å². The highest BCUT2D eigenvalue weighted by molar-refractivity contribution is 5.88. The Labute approximate surface area is 116 Å². The van der Waals surface area contributed by atoms with Crippen LogP contribution in [0.2, 0.25) is 0 Å². The van der Waals surface area contributed by atoms with Crippen molar-refractivity contribution in [3.05, 3.63) is 47.5 Å². The van der Waals surface area contributed by atoms with Gasteiger partial charge in [0.2, 0.25) is 0 Å². The number of hydrogen-bond acceptors (Lipinski definition) is 0. The largest absolute Gasteiger partial charge is 0.0616 e. The van der Waals surface area contributed by atoms with Crippen LogP contribution in [0.3, 0.4) is 0 Å². The van der Waals surface area contributed by atoms with E-state index in [9.17, 15) is 0 Å². The van der Waals surface area contributed by atoms with E-state index in [1.165, 1.54) is 61.3 Å². The van der Waals surface area contributed by atoms with Gasteiger partial charge in [0, 0.05) is 0 Å². The molecule has 0 aromatic heterocycles. The van der Waals surface area contributed by atoms with E-state index in [0.717, 1.165) is 5.92 Å². The van der Waals surface area contributed by atoms with Crippen LogP contribution in [0.15, 0.2) is 36.4 Å². The summed E-state index contributed by atoms with van der Waals surface area (Å²) in [6.07, 6.45) is 9.94. The molecule has 0 unspecified atom stereocenters. The summed E-state index contributed by atoms with van der Waals surface area (Å²) in [5, 5.41) is 2.90. The van der Waals surface area contributed by atoms with Gasteiger partial charge in [-0.3, -0.25) is 0 Å². The zero-order valence-electron chi connectivity index (χ0n) is 12.0. The number of benzene rings is 2. The lowest BCUT2D eigenvalue weighted by atomic mass is 9.84. The molecule has 1 aliphatic rings. The van der Waals surface area contributed by atoms with Gasteiger partial charge in [-0.15, -0.1) is 0 Å². The van der Waals surface area contributed by atoms with Crippen molar-refractivity contribution in [1.29, 1.82) is 0 Å². The normalized spacial score (nSPS) is 16.9. The van der Waals surface area contributed by atoms with Crippen LogP contribution in [0.25, 0.3) is 10.8 Å². The van der Waals surface area contributed by atoms with Crippen LogP contribution < -0.4 is 0 Å². The van der Waals surface area contributed by atoms with Gasteiger partial charge < -0.3 is 0 Å². The highest BCUT2D eigenvalue weighted by Crippen LogP contribution is 2.29. The summed E-state index contributed by atoms with van der Waals surface area (Å²) in [7, 11) is 0. The molecule has 1 aliphatic carbocycles. The highest BCUT2D eigenvalue weighted by Gasteiger charge is 2.13. The Kier molecular flexibility index (Phi) is 3.87. The van der Waals surface area contributed by atoms with Gasteiger partial charge in [0.25, 0.3) is 0 Å². The summed E-state index contributed by atoms with van der Waals surface area (Å²) in [5.74, 6) is 0.980. The average Bonchev–Trinajstić information content (AvgIpc) is 2.48. The zero-order valence-corrected chi connectivity index (χ0v) is 12.0. The van der Waals surface area contributed by atoms with E-state index in [1.54, 1.807) is 5.56 Å². The second-order valence-electron chi connectivity index (χ2n) is 6.13. The Morgan fingerprint density at radius 2 is 1.63 bits per heavy atom. The fraction of sp³-hybridized carbons (Fsp3) is 0.474. The molecule has 0 saturated heterocycles. The number of rotatable bonds is 3. The standard InChI is InChI=1S/C19H24/c1-15-11-13-17(19-10-6-5-9-18(15)19)14-12-16-7-3-2-4-8-16/h5-6,9-11,13,16H,2-4,7-8,12,14H2,1H3. The number of hydrogen-bond donors (Lipinski definition) is 0. The van der Waals surface area contributed by atoms with Crippen LogP contribution in [0, 0.1) is 12.8 Å². The number of aryl methyl sites for hydroxylation is 2. The molecule has 100 valence electrons. The molecular weight excluding hydrogens is 228 g/mol. The summed E-state index contributed by atoms with van der Waals surface area (Å²) >= 11 is 0. The van der Waals surface area contributed by atoms with Crippen molar-refractivity contribution in [2.45, 2.75) is 51.9 Å². The van der Waals surface area contributed by atoms with E-state index in [2.05, 4.69) is 43.3 Å². The molecule has 2 aromatic rings. The Hall–Kier alpha value is -1.30. The van der Waals surface area contributed by atoms with Crippen LogP contribution in [-0.2, 0) is 6.42 Å². The molecule has 0 amide bonds. The molecule has 19 heavy (non-hydrogen) atoms. The molecule has 1 fully saturated rings. The summed E-state index contributed by atoms with van der Waals surface area (Å²) < 4.78 is 0. The van der Waals surface area contributed by atoms with Gasteiger partial charge in [0.1, 0.15) is 0 Å². The molecule has 0 heteroatoms. The summed E-state index contributed by atoms with van der Waals surface area (Å²) in [6.45, 7) is 2.22. The van der Waals surface area contributed by atoms with Crippen molar-refractivity contribution in [3.8, 4) is 0 Å². The molecule has 0 atom stereocenters. The quantitative estimate of drug-likeness (QED) is 0.661. The van der Waals surface area contributed by atoms with Gasteiger partial charge in [-0.05, 0) is 47.6 Å². The Morgan fingerprint density at radius 1 is 0.895 bits per heavy atom. The molecule has 0 nitrogen and oxygen atoms in total. The molecule has 0 heterocycles. The minimum atomic E-state index is 0.980. The first-order valence-electron chi connectivity index (χ1n) is 7.82. The van der Waals surface area contributed by atoms with Crippen molar-refractivity contribution in [2.75, 3.05) is 0 Å². The lowest BCUT2D eigenvalue weighted by Crippen LogP contribution is -2.07. The predicted molar refractivity (Wildman–Crippen MR) is 83.6 cm³/mol. The summed E-state index contributed by atoms with van der Waals surface area (Å²) in [6, 6.07) is 13.5. The van der Waals surface area contributed by atoms with Crippen LogP contribution >= 0.6 is 0 Å². The first kappa shape index (κ1) is 12.7. The maximum Gasteiger partial charge on any atom is -0.0149 e. The fourth-order valence-electron chi connectivity index (χ4n) is 3.57. The van der Waals surface area contributed by atoms with Crippen LogP contribution in [0.4, 0.5) is 0 Å². The van der Waals surface area contributed by atoms with Gasteiger partial charge in [-0.25, -0.2) is 0 Å². The second kappa shape index (κ2) is 5.77. The Bertz CT molecular complexity index is 547. The van der Waals surface area contributed by atoms with Gasteiger partial charge in [0.05, 0.1) is 0 Å². The molecule has 0 bridgehead atoms. The molecule has 3 rings (SSSR count). The topological polar surface area (TPSA) is 0 Å². The minimum absolute atomic E-state index is 0.980. The monoisotopic (exact) mass is 252 g/mol. The van der Waals surface area contributed by atoms with E-state index in [1.807, 2.05) is 0 Å². The maximum atomic E-state index is 2.35. The Balaban J connectivity index is 1.79. The minimum Gasteiger partial charge on any atom is -0.0616 e. The summed E-state index contributed by atoms with van der Waals surface area (Å²) in [4.78, 5) is 0. The first-order chi connectivity index (χ1) is 9.34. The van der Waals surface area contributed by atoms with Gasteiger partial charge in [-0.1, -0.05) is 68.5 Å². The lowest BCUT2D eigenvalue weighted by Gasteiger charge is -2.21. The third-order valence-corrected chi connectivity index (χ3v) is 4.78. The van der Waals surface area contributed by atoms with Crippen molar-refractivity contribution in [3.63, 3.8) is 0 Å². The second-order valence-corrected chi connectivity index (χ2v) is 6.13. The summed E-state index contributed by atoms with van der Waals surface area (Å²) in [5.41, 5.74) is 2.95. The zero-order chi connectivity index (χ0) is 13.1. The van der Waals surface area contributed by atoms with Crippen LogP contribution in [-0.4, -0.2) is 0 Å². The average molecular weight is 252 g/mol. The lowest BCUT2D eigenvalue weighted by molar-refractivity contribution is 0.339. The van der Waals surface area contributed by atoms with Crippen molar-refractivity contribution in [1.82, 2.24) is 0 Å². The third-order valence-electron chi connectivity index (χ3n) is 4.78. The number of fused-ring (bicyclic) bond motifs is 1. The predicted octanol–water partition coefficient (Wildman–Crippen LogP) is 5.66. The van der Waals surface area contributed by atoms with Crippen LogP contribution in [0.5, 0.6) is 0 Å². The molecule has 1 saturated carbocycles. The molecule has 0 aliphatic heterocycles. The van der Waals surface area contributed by atoms with Crippen molar-refractivity contribution >= 4 is 10.8 Å². The Morgan fingerprint density at radius 3 is 2.42 bits per heavy atom. The molecule has 2 aromatic carbocycles. The van der Waals surface area contributed by atoms with Crippen molar-refractivity contribution in [2.24, 2.45) is 5.92 Å². The van der Waals surface area contributed by atoms with Gasteiger partial charge in [-0.2, -0.15) is 0 Å². The maximum absolute atomic E-state index is 2.35. The molecular formula is C19H24. The molecule has 0 spiro atoms. The van der Waals surface area contributed by atoms with E-state index in [4.69, 9.17) is 0 Å². The first-order valence-corrected chi connectivity index (χ1v) is 7.82. The molecule has 0 radical (unpaired) electrons. The third kappa shape index (κ3) is 2.83. The van der Waals surface area contributed by atoms with Gasteiger partial charge in [0.15, 0.2) is 0 Å². The van der Waals surface area contributed by atoms with E-state index < -0.39 is 0 Å². The van der Waals surface area contributed by atoms with E-state index >= 15 is 0 Å². The van der Waals surface area contributed by atoms with Crippen LogP contribution in [0.1, 0.15) is 49.7 Å². The molecule has 0 N–H and O–H groups in total.